The van der Waals surface area contributed by atoms with Crippen molar-refractivity contribution in [1.29, 1.82) is 0 Å². The molecule has 1 aromatic carbocycles. The van der Waals surface area contributed by atoms with Crippen LogP contribution in [0.5, 0.6) is 0 Å². The summed E-state index contributed by atoms with van der Waals surface area (Å²) in [6.45, 7) is 3.57. The second-order valence-corrected chi connectivity index (χ2v) is 5.17. The highest BCUT2D eigenvalue weighted by molar-refractivity contribution is 5.19. The second kappa shape index (κ2) is 5.68. The molecule has 2 aromatic rings. The van der Waals surface area contributed by atoms with Crippen LogP contribution < -0.4 is 5.73 Å². The molecule has 106 valence electrons. The van der Waals surface area contributed by atoms with Gasteiger partial charge in [0.25, 0.3) is 0 Å². The number of hydrogen-bond donors (Lipinski definition) is 1. The Morgan fingerprint density at radius 1 is 1.35 bits per heavy atom. The van der Waals surface area contributed by atoms with Crippen LogP contribution >= 0.6 is 0 Å². The van der Waals surface area contributed by atoms with Crippen LogP contribution in [0.4, 0.5) is 4.39 Å². The van der Waals surface area contributed by atoms with Gasteiger partial charge < -0.3 is 10.3 Å². The van der Waals surface area contributed by atoms with Crippen molar-refractivity contribution in [1.82, 2.24) is 19.7 Å². The number of halogens is 1. The minimum absolute atomic E-state index is 0.134. The molecule has 0 aliphatic carbocycles. The molecule has 0 spiro atoms. The third-order valence-electron chi connectivity index (χ3n) is 3.75. The maximum absolute atomic E-state index is 13.2. The first-order chi connectivity index (χ1) is 9.72. The van der Waals surface area contributed by atoms with Crippen LogP contribution in [-0.2, 0) is 13.1 Å². The maximum Gasteiger partial charge on any atom is 0.147 e. The van der Waals surface area contributed by atoms with E-state index in [0.717, 1.165) is 44.0 Å². The molecule has 1 aliphatic rings. The molecule has 3 rings (SSSR count). The lowest BCUT2D eigenvalue weighted by molar-refractivity contribution is 0.210. The van der Waals surface area contributed by atoms with E-state index in [9.17, 15) is 4.39 Å². The average Bonchev–Trinajstić information content (AvgIpc) is 2.92. The fraction of sp³-hybridized carbons (Fsp3) is 0.429. The topological polar surface area (TPSA) is 60.0 Å². The van der Waals surface area contributed by atoms with Crippen molar-refractivity contribution in [3.05, 3.63) is 47.8 Å². The third-order valence-corrected chi connectivity index (χ3v) is 3.75. The Balaban J connectivity index is 1.55. The fourth-order valence-electron chi connectivity index (χ4n) is 2.53. The zero-order valence-electron chi connectivity index (χ0n) is 11.2. The summed E-state index contributed by atoms with van der Waals surface area (Å²) < 4.78 is 15.2. The van der Waals surface area contributed by atoms with Crippen molar-refractivity contribution in [3.63, 3.8) is 0 Å². The molecule has 5 nitrogen and oxygen atoms in total. The van der Waals surface area contributed by atoms with Crippen molar-refractivity contribution in [2.45, 2.75) is 25.6 Å². The highest BCUT2D eigenvalue weighted by Crippen LogP contribution is 2.17. The summed E-state index contributed by atoms with van der Waals surface area (Å²) in [4.78, 5) is 2.31. The Morgan fingerprint density at radius 3 is 3.10 bits per heavy atom. The number of benzene rings is 1. The van der Waals surface area contributed by atoms with Crippen molar-refractivity contribution >= 4 is 0 Å². The van der Waals surface area contributed by atoms with Gasteiger partial charge in [-0.25, -0.2) is 4.39 Å². The summed E-state index contributed by atoms with van der Waals surface area (Å²) in [5.74, 6) is 0.764. The van der Waals surface area contributed by atoms with Gasteiger partial charge in [-0.05, 0) is 24.1 Å². The molecule has 0 radical (unpaired) electrons. The van der Waals surface area contributed by atoms with Crippen LogP contribution in [0.25, 0.3) is 0 Å². The SMILES string of the molecule is NC(CCN1CCn2cnnc2C1)c1cccc(F)c1. The number of nitrogens with two attached hydrogens (primary N) is 1. The van der Waals surface area contributed by atoms with Gasteiger partial charge in [0, 0.05) is 25.7 Å². The van der Waals surface area contributed by atoms with Crippen LogP contribution in [0.1, 0.15) is 23.9 Å². The van der Waals surface area contributed by atoms with Gasteiger partial charge in [-0.2, -0.15) is 0 Å². The lowest BCUT2D eigenvalue weighted by atomic mass is 10.0. The van der Waals surface area contributed by atoms with Gasteiger partial charge >= 0.3 is 0 Å². The van der Waals surface area contributed by atoms with Crippen LogP contribution in [0.2, 0.25) is 0 Å². The smallest absolute Gasteiger partial charge is 0.147 e. The summed E-state index contributed by atoms with van der Waals surface area (Å²) in [6.07, 6.45) is 2.57. The molecule has 2 N–H and O–H groups in total. The predicted molar refractivity (Wildman–Crippen MR) is 73.2 cm³/mol. The van der Waals surface area contributed by atoms with Crippen LogP contribution in [-0.4, -0.2) is 32.8 Å². The second-order valence-electron chi connectivity index (χ2n) is 5.17. The average molecular weight is 275 g/mol. The van der Waals surface area contributed by atoms with Gasteiger partial charge in [-0.3, -0.25) is 4.90 Å². The van der Waals surface area contributed by atoms with Crippen molar-refractivity contribution in [2.75, 3.05) is 13.1 Å². The first kappa shape index (κ1) is 13.2. The quantitative estimate of drug-likeness (QED) is 0.914. The standard InChI is InChI=1S/C14H18FN5/c15-12-3-1-2-11(8-12)13(16)4-5-19-6-7-20-10-17-18-14(20)9-19/h1-3,8,10,13H,4-7,9,16H2. The zero-order chi connectivity index (χ0) is 13.9. The predicted octanol–water partition coefficient (Wildman–Crippen LogP) is 1.32. The molecule has 0 bridgehead atoms. The molecule has 0 fully saturated rings. The minimum atomic E-state index is -0.232. The molecule has 20 heavy (non-hydrogen) atoms. The van der Waals surface area contributed by atoms with Gasteiger partial charge in [0.2, 0.25) is 0 Å². The first-order valence-electron chi connectivity index (χ1n) is 6.82. The van der Waals surface area contributed by atoms with Gasteiger partial charge in [0.05, 0.1) is 6.54 Å². The lowest BCUT2D eigenvalue weighted by Gasteiger charge is -2.27. The highest BCUT2D eigenvalue weighted by atomic mass is 19.1. The van der Waals surface area contributed by atoms with Crippen LogP contribution in [0.15, 0.2) is 30.6 Å². The summed E-state index contributed by atoms with van der Waals surface area (Å²) in [7, 11) is 0. The molecule has 1 atom stereocenters. The van der Waals surface area contributed by atoms with Crippen LogP contribution in [0, 0.1) is 5.82 Å². The Bertz CT molecular complexity index is 582. The van der Waals surface area contributed by atoms with E-state index < -0.39 is 0 Å². The molecule has 0 amide bonds. The van der Waals surface area contributed by atoms with E-state index in [2.05, 4.69) is 19.7 Å². The summed E-state index contributed by atoms with van der Waals surface area (Å²) in [5.41, 5.74) is 6.98. The monoisotopic (exact) mass is 275 g/mol. The van der Waals surface area contributed by atoms with E-state index in [1.807, 2.05) is 6.07 Å². The largest absolute Gasteiger partial charge is 0.324 e. The summed E-state index contributed by atoms with van der Waals surface area (Å²) in [5, 5.41) is 8.01. The number of aromatic nitrogens is 3. The van der Waals surface area contributed by atoms with E-state index in [1.165, 1.54) is 12.1 Å². The number of rotatable bonds is 4. The Hall–Kier alpha value is -1.79. The summed E-state index contributed by atoms with van der Waals surface area (Å²) >= 11 is 0. The molecular weight excluding hydrogens is 257 g/mol. The molecule has 0 saturated carbocycles. The Labute approximate surface area is 117 Å². The fourth-order valence-corrected chi connectivity index (χ4v) is 2.53. The van der Waals surface area contributed by atoms with Gasteiger partial charge in [-0.15, -0.1) is 10.2 Å². The van der Waals surface area contributed by atoms with Crippen molar-refractivity contribution < 1.29 is 4.39 Å². The van der Waals surface area contributed by atoms with Gasteiger partial charge in [0.1, 0.15) is 18.0 Å². The zero-order valence-corrected chi connectivity index (χ0v) is 11.2. The maximum atomic E-state index is 13.2. The minimum Gasteiger partial charge on any atom is -0.324 e. The molecule has 0 saturated heterocycles. The Kier molecular flexibility index (Phi) is 3.75. The van der Waals surface area contributed by atoms with E-state index in [4.69, 9.17) is 5.73 Å². The number of hydrogen-bond acceptors (Lipinski definition) is 4. The molecule has 1 aliphatic heterocycles. The van der Waals surface area contributed by atoms with E-state index >= 15 is 0 Å². The third kappa shape index (κ3) is 2.86. The Morgan fingerprint density at radius 2 is 2.25 bits per heavy atom. The molecule has 6 heteroatoms. The molecular formula is C14H18FN5. The van der Waals surface area contributed by atoms with Crippen LogP contribution in [0.3, 0.4) is 0 Å². The van der Waals surface area contributed by atoms with E-state index in [0.29, 0.717) is 0 Å². The van der Waals surface area contributed by atoms with Crippen molar-refractivity contribution in [3.8, 4) is 0 Å². The highest BCUT2D eigenvalue weighted by Gasteiger charge is 2.18. The van der Waals surface area contributed by atoms with E-state index in [1.54, 1.807) is 12.4 Å². The normalized spacial score (nSPS) is 16.9. The summed E-state index contributed by atoms with van der Waals surface area (Å²) in [6, 6.07) is 6.39. The molecule has 2 heterocycles. The van der Waals surface area contributed by atoms with E-state index in [-0.39, 0.29) is 11.9 Å². The van der Waals surface area contributed by atoms with Crippen molar-refractivity contribution in [2.24, 2.45) is 5.73 Å². The lowest BCUT2D eigenvalue weighted by Crippen LogP contribution is -2.35. The molecule has 1 unspecified atom stereocenters. The molecule has 1 aromatic heterocycles. The van der Waals surface area contributed by atoms with Gasteiger partial charge in [0.15, 0.2) is 0 Å². The number of nitrogens with zero attached hydrogens (tertiary/aromatic N) is 4. The van der Waals surface area contributed by atoms with Gasteiger partial charge in [-0.1, -0.05) is 12.1 Å². The first-order valence-corrected chi connectivity index (χ1v) is 6.82. The number of fused-ring (bicyclic) bond motifs is 1.